The molecule has 0 spiro atoms. The fourth-order valence-electron chi connectivity index (χ4n) is 3.40. The third-order valence-corrected chi connectivity index (χ3v) is 5.89. The van der Waals surface area contributed by atoms with Gasteiger partial charge in [0.2, 0.25) is 5.91 Å². The second kappa shape index (κ2) is 8.64. The van der Waals surface area contributed by atoms with Crippen molar-refractivity contribution in [2.45, 2.75) is 13.5 Å². The molecular formula is C23H19N3O5S. The van der Waals surface area contributed by atoms with Crippen molar-refractivity contribution in [1.29, 1.82) is 0 Å². The van der Waals surface area contributed by atoms with Crippen molar-refractivity contribution in [3.05, 3.63) is 91.9 Å². The van der Waals surface area contributed by atoms with Crippen molar-refractivity contribution in [2.75, 3.05) is 12.4 Å². The first-order valence-electron chi connectivity index (χ1n) is 9.68. The zero-order valence-corrected chi connectivity index (χ0v) is 18.1. The Kier molecular flexibility index (Phi) is 5.74. The van der Waals surface area contributed by atoms with Gasteiger partial charge in [-0.15, -0.1) is 11.3 Å². The van der Waals surface area contributed by atoms with Crippen LogP contribution in [0.4, 0.5) is 5.69 Å². The molecule has 9 heteroatoms. The summed E-state index contributed by atoms with van der Waals surface area (Å²) in [7, 11) is 1.27. The molecule has 8 nitrogen and oxygen atoms in total. The average molecular weight is 449 g/mol. The van der Waals surface area contributed by atoms with Crippen LogP contribution in [0, 0.1) is 6.92 Å². The topological polar surface area (TPSA) is 99.4 Å². The number of aryl methyl sites for hydroxylation is 1. The number of thiophene rings is 1. The number of esters is 1. The number of hydrogen-bond donors (Lipinski definition) is 1. The lowest BCUT2D eigenvalue weighted by Crippen LogP contribution is -2.40. The monoisotopic (exact) mass is 449 g/mol. The van der Waals surface area contributed by atoms with E-state index in [9.17, 15) is 19.2 Å². The number of carbonyl (C=O) groups excluding carboxylic acids is 2. The molecule has 1 amide bonds. The summed E-state index contributed by atoms with van der Waals surface area (Å²) in [5.41, 5.74) is 0.0717. The number of ether oxygens (including phenoxy) is 1. The fraction of sp³-hybridized carbons (Fsp3) is 0.130. The smallest absolute Gasteiger partial charge is 0.337 e. The largest absolute Gasteiger partial charge is 0.465 e. The summed E-state index contributed by atoms with van der Waals surface area (Å²) in [6, 6.07) is 16.6. The number of rotatable bonds is 5. The molecule has 0 aliphatic rings. The highest BCUT2D eigenvalue weighted by atomic mass is 32.1. The van der Waals surface area contributed by atoms with Gasteiger partial charge in [0.05, 0.1) is 23.7 Å². The first-order valence-corrected chi connectivity index (χ1v) is 10.5. The second-order valence-corrected chi connectivity index (χ2v) is 8.28. The number of nitrogens with zero attached hydrogens (tertiary/aromatic N) is 2. The lowest BCUT2D eigenvalue weighted by Gasteiger charge is -2.12. The molecule has 0 saturated carbocycles. The molecule has 4 rings (SSSR count). The Labute approximate surface area is 186 Å². The first kappa shape index (κ1) is 21.3. The Hall–Kier alpha value is -3.98. The minimum Gasteiger partial charge on any atom is -0.465 e. The summed E-state index contributed by atoms with van der Waals surface area (Å²) in [5, 5.41) is 3.06. The summed E-state index contributed by atoms with van der Waals surface area (Å²) in [5.74, 6) is -0.997. The predicted molar refractivity (Wildman–Crippen MR) is 123 cm³/mol. The van der Waals surface area contributed by atoms with Gasteiger partial charge in [-0.2, -0.15) is 0 Å². The molecule has 162 valence electrons. The summed E-state index contributed by atoms with van der Waals surface area (Å²) in [6.45, 7) is 1.54. The summed E-state index contributed by atoms with van der Waals surface area (Å²) in [4.78, 5) is 52.1. The number of amides is 1. The third-order valence-electron chi connectivity index (χ3n) is 4.82. The van der Waals surface area contributed by atoms with E-state index < -0.39 is 23.1 Å². The maximum absolute atomic E-state index is 13.3. The predicted octanol–water partition coefficient (Wildman–Crippen LogP) is 2.95. The molecule has 0 radical (unpaired) electrons. The summed E-state index contributed by atoms with van der Waals surface area (Å²) in [6.07, 6.45) is 0. The Balaban J connectivity index is 1.75. The van der Waals surface area contributed by atoms with Crippen LogP contribution in [0.25, 0.3) is 15.9 Å². The Morgan fingerprint density at radius 1 is 1.03 bits per heavy atom. The van der Waals surface area contributed by atoms with Gasteiger partial charge in [0, 0.05) is 10.6 Å². The normalized spacial score (nSPS) is 10.8. The lowest BCUT2D eigenvalue weighted by molar-refractivity contribution is -0.116. The fourth-order valence-corrected chi connectivity index (χ4v) is 4.39. The van der Waals surface area contributed by atoms with E-state index in [0.717, 1.165) is 9.44 Å². The van der Waals surface area contributed by atoms with Crippen molar-refractivity contribution in [2.24, 2.45) is 0 Å². The van der Waals surface area contributed by atoms with Gasteiger partial charge in [-0.1, -0.05) is 24.3 Å². The number of carbonyl (C=O) groups is 2. The molecule has 0 bridgehead atoms. The molecule has 0 unspecified atom stereocenters. The number of anilines is 1. The molecule has 2 aromatic heterocycles. The molecule has 0 aliphatic heterocycles. The molecule has 2 aromatic carbocycles. The van der Waals surface area contributed by atoms with Crippen molar-refractivity contribution in [3.8, 4) is 5.69 Å². The van der Waals surface area contributed by atoms with Crippen LogP contribution in [0.1, 0.15) is 15.2 Å². The van der Waals surface area contributed by atoms with E-state index in [-0.39, 0.29) is 12.1 Å². The van der Waals surface area contributed by atoms with Crippen molar-refractivity contribution in [1.82, 2.24) is 9.13 Å². The van der Waals surface area contributed by atoms with E-state index in [2.05, 4.69) is 5.32 Å². The van der Waals surface area contributed by atoms with Gasteiger partial charge in [0.15, 0.2) is 0 Å². The van der Waals surface area contributed by atoms with Gasteiger partial charge in [0.1, 0.15) is 11.4 Å². The Bertz CT molecular complexity index is 1450. The van der Waals surface area contributed by atoms with Crippen LogP contribution in [-0.4, -0.2) is 28.1 Å². The lowest BCUT2D eigenvalue weighted by atomic mass is 10.2. The molecule has 0 atom stereocenters. The summed E-state index contributed by atoms with van der Waals surface area (Å²) >= 11 is 1.28. The van der Waals surface area contributed by atoms with Crippen LogP contribution in [0.5, 0.6) is 0 Å². The highest BCUT2D eigenvalue weighted by Crippen LogP contribution is 2.22. The number of aromatic nitrogens is 2. The average Bonchev–Trinajstić information content (AvgIpc) is 3.19. The van der Waals surface area contributed by atoms with Gasteiger partial charge >= 0.3 is 11.7 Å². The van der Waals surface area contributed by atoms with Crippen molar-refractivity contribution in [3.63, 3.8) is 0 Å². The van der Waals surface area contributed by atoms with Gasteiger partial charge in [-0.3, -0.25) is 14.2 Å². The highest BCUT2D eigenvalue weighted by molar-refractivity contribution is 7.18. The minimum absolute atomic E-state index is 0.288. The number of benzene rings is 2. The Morgan fingerprint density at radius 3 is 2.50 bits per heavy atom. The maximum Gasteiger partial charge on any atom is 0.337 e. The number of methoxy groups -OCH3 is 1. The van der Waals surface area contributed by atoms with E-state index >= 15 is 0 Å². The molecular weight excluding hydrogens is 430 g/mol. The molecule has 32 heavy (non-hydrogen) atoms. The number of para-hydroxylation sites is 1. The van der Waals surface area contributed by atoms with Crippen LogP contribution in [0.2, 0.25) is 0 Å². The van der Waals surface area contributed by atoms with Crippen LogP contribution < -0.4 is 16.6 Å². The third kappa shape index (κ3) is 3.97. The van der Waals surface area contributed by atoms with Gasteiger partial charge in [-0.25, -0.2) is 14.2 Å². The second-order valence-electron chi connectivity index (χ2n) is 7.04. The standard InChI is InChI=1S/C23H19N3O5S/c1-14-11-18-20(28)26(17-9-4-3-5-10-17)23(30)25(21(18)32-14)13-19(27)24-16-8-6-7-15(12-16)22(29)31-2/h3-12H,13H2,1-2H3,(H,24,27). The molecule has 2 heterocycles. The number of nitrogens with one attached hydrogen (secondary N) is 1. The molecule has 4 aromatic rings. The van der Waals surface area contributed by atoms with Crippen LogP contribution in [0.3, 0.4) is 0 Å². The van der Waals surface area contributed by atoms with Gasteiger partial charge in [0.25, 0.3) is 5.56 Å². The number of fused-ring (bicyclic) bond motifs is 1. The Morgan fingerprint density at radius 2 is 1.78 bits per heavy atom. The first-order chi connectivity index (χ1) is 15.4. The molecule has 0 fully saturated rings. The van der Waals surface area contributed by atoms with E-state index in [1.807, 2.05) is 6.92 Å². The maximum atomic E-state index is 13.3. The van der Waals surface area contributed by atoms with Crippen LogP contribution >= 0.6 is 11.3 Å². The van der Waals surface area contributed by atoms with Crippen molar-refractivity contribution >= 4 is 39.1 Å². The van der Waals surface area contributed by atoms with Gasteiger partial charge < -0.3 is 10.1 Å². The highest BCUT2D eigenvalue weighted by Gasteiger charge is 2.19. The summed E-state index contributed by atoms with van der Waals surface area (Å²) < 4.78 is 7.06. The van der Waals surface area contributed by atoms with Gasteiger partial charge in [-0.05, 0) is 43.3 Å². The molecule has 1 N–H and O–H groups in total. The zero-order chi connectivity index (χ0) is 22.8. The molecule has 0 saturated heterocycles. The van der Waals surface area contributed by atoms with Crippen LogP contribution in [0.15, 0.2) is 70.3 Å². The van der Waals surface area contributed by atoms with E-state index in [1.165, 1.54) is 29.1 Å². The van der Waals surface area contributed by atoms with Crippen LogP contribution in [-0.2, 0) is 16.1 Å². The minimum atomic E-state index is -0.603. The quantitative estimate of drug-likeness (QED) is 0.472. The SMILES string of the molecule is COC(=O)c1cccc(NC(=O)Cn2c(=O)n(-c3ccccc3)c(=O)c3cc(C)sc32)c1. The number of hydrogen-bond acceptors (Lipinski definition) is 6. The van der Waals surface area contributed by atoms with E-state index in [0.29, 0.717) is 21.6 Å². The van der Waals surface area contributed by atoms with E-state index in [1.54, 1.807) is 54.6 Å². The van der Waals surface area contributed by atoms with Crippen molar-refractivity contribution < 1.29 is 14.3 Å². The van der Waals surface area contributed by atoms with E-state index in [4.69, 9.17) is 4.74 Å². The molecule has 0 aliphatic carbocycles. The zero-order valence-electron chi connectivity index (χ0n) is 17.3.